The average Bonchev–Trinajstić information content (AvgIpc) is 2.79. The molecule has 3 aromatic rings. The summed E-state index contributed by atoms with van der Waals surface area (Å²) in [5.74, 6) is 0.300. The van der Waals surface area contributed by atoms with Gasteiger partial charge in [-0.3, -0.25) is 4.79 Å². The van der Waals surface area contributed by atoms with Crippen LogP contribution in [0.4, 0.5) is 5.69 Å². The molecule has 3 rings (SSSR count). The van der Waals surface area contributed by atoms with Gasteiger partial charge in [-0.15, -0.1) is 11.3 Å². The van der Waals surface area contributed by atoms with E-state index in [1.807, 2.05) is 26.0 Å². The molecule has 0 radical (unpaired) electrons. The topological polar surface area (TPSA) is 54.9 Å². The molecule has 2 heterocycles. The molecule has 1 aromatic carbocycles. The summed E-state index contributed by atoms with van der Waals surface area (Å²) in [4.78, 5) is 23.2. The molecule has 124 valence electrons. The fraction of sp³-hybridized carbons (Fsp3) is 0.278. The van der Waals surface area contributed by atoms with Crippen molar-refractivity contribution < 1.29 is 4.79 Å². The second-order valence-electron chi connectivity index (χ2n) is 5.86. The summed E-state index contributed by atoms with van der Waals surface area (Å²) in [5.41, 5.74) is 4.32. The van der Waals surface area contributed by atoms with Crippen molar-refractivity contribution in [2.75, 3.05) is 11.1 Å². The van der Waals surface area contributed by atoms with Crippen molar-refractivity contribution in [2.45, 2.75) is 32.7 Å². The van der Waals surface area contributed by atoms with Gasteiger partial charge in [-0.1, -0.05) is 17.8 Å². The average molecular weight is 358 g/mol. The lowest BCUT2D eigenvalue weighted by atomic mass is 10.1. The van der Waals surface area contributed by atoms with Crippen LogP contribution < -0.4 is 5.32 Å². The molecule has 0 aliphatic heterocycles. The van der Waals surface area contributed by atoms with Crippen molar-refractivity contribution in [1.82, 2.24) is 9.97 Å². The highest BCUT2D eigenvalue weighted by Crippen LogP contribution is 2.34. The van der Waals surface area contributed by atoms with Crippen LogP contribution in [-0.4, -0.2) is 21.6 Å². The van der Waals surface area contributed by atoms with E-state index >= 15 is 0 Å². The minimum Gasteiger partial charge on any atom is -0.325 e. The third kappa shape index (κ3) is 3.60. The first-order valence-electron chi connectivity index (χ1n) is 7.65. The van der Waals surface area contributed by atoms with E-state index in [9.17, 15) is 4.79 Å². The van der Waals surface area contributed by atoms with Crippen molar-refractivity contribution >= 4 is 44.9 Å². The molecule has 2 aromatic heterocycles. The van der Waals surface area contributed by atoms with Gasteiger partial charge in [0.25, 0.3) is 0 Å². The summed E-state index contributed by atoms with van der Waals surface area (Å²) >= 11 is 3.12. The molecule has 1 N–H and O–H groups in total. The van der Waals surface area contributed by atoms with Gasteiger partial charge >= 0.3 is 0 Å². The number of thioether (sulfide) groups is 1. The van der Waals surface area contributed by atoms with Crippen LogP contribution in [0.3, 0.4) is 0 Å². The molecule has 0 atom stereocenters. The number of aromatic nitrogens is 2. The molecule has 0 aliphatic rings. The van der Waals surface area contributed by atoms with E-state index < -0.39 is 0 Å². The van der Waals surface area contributed by atoms with Gasteiger partial charge in [0.05, 0.1) is 5.75 Å². The largest absolute Gasteiger partial charge is 0.325 e. The highest BCUT2D eigenvalue weighted by molar-refractivity contribution is 8.00. The number of fused-ring (bicyclic) bond motifs is 1. The molecule has 0 aliphatic carbocycles. The van der Waals surface area contributed by atoms with Crippen LogP contribution in [0.2, 0.25) is 0 Å². The van der Waals surface area contributed by atoms with Gasteiger partial charge in [0, 0.05) is 16.0 Å². The van der Waals surface area contributed by atoms with Crippen LogP contribution in [0.5, 0.6) is 0 Å². The van der Waals surface area contributed by atoms with Gasteiger partial charge in [-0.05, 0) is 56.5 Å². The molecule has 0 spiro atoms. The number of aryl methyl sites for hydroxylation is 4. The summed E-state index contributed by atoms with van der Waals surface area (Å²) in [7, 11) is 0. The minimum absolute atomic E-state index is 0.0265. The molecular formula is C18H19N3OS2. The number of hydrogen-bond acceptors (Lipinski definition) is 5. The number of benzene rings is 1. The summed E-state index contributed by atoms with van der Waals surface area (Å²) in [6.45, 7) is 8.22. The minimum atomic E-state index is -0.0265. The van der Waals surface area contributed by atoms with Gasteiger partial charge in [-0.2, -0.15) is 0 Å². The number of anilines is 1. The second-order valence-corrected chi connectivity index (χ2v) is 8.02. The van der Waals surface area contributed by atoms with Crippen molar-refractivity contribution in [2.24, 2.45) is 0 Å². The second kappa shape index (κ2) is 6.91. The Bertz CT molecular complexity index is 898. The Hall–Kier alpha value is -1.92. The van der Waals surface area contributed by atoms with Gasteiger partial charge < -0.3 is 5.32 Å². The summed E-state index contributed by atoms with van der Waals surface area (Å²) in [6, 6.07) is 6.04. The Balaban J connectivity index is 1.73. The summed E-state index contributed by atoms with van der Waals surface area (Å²) in [6.07, 6.45) is 1.57. The summed E-state index contributed by atoms with van der Waals surface area (Å²) < 4.78 is 0. The lowest BCUT2D eigenvalue weighted by Gasteiger charge is -2.08. The van der Waals surface area contributed by atoms with E-state index in [0.29, 0.717) is 5.75 Å². The van der Waals surface area contributed by atoms with Crippen LogP contribution in [0.1, 0.15) is 21.6 Å². The normalized spacial score (nSPS) is 11.0. The first-order chi connectivity index (χ1) is 11.4. The number of hydrogen-bond donors (Lipinski definition) is 1. The highest BCUT2D eigenvalue weighted by Gasteiger charge is 2.13. The van der Waals surface area contributed by atoms with E-state index in [2.05, 4.69) is 35.2 Å². The SMILES string of the molecule is Cc1cc(C)cc(NC(=O)CSc2ncnc3sc(C)c(C)c23)c1. The predicted octanol–water partition coefficient (Wildman–Crippen LogP) is 4.66. The molecule has 0 saturated carbocycles. The fourth-order valence-corrected chi connectivity index (χ4v) is 4.55. The standard InChI is InChI=1S/C18H19N3OS2/c1-10-5-11(2)7-14(6-10)21-15(22)8-23-17-16-12(3)13(4)24-18(16)20-9-19-17/h5-7,9H,8H2,1-4H3,(H,21,22). The lowest BCUT2D eigenvalue weighted by Crippen LogP contribution is -2.14. The maximum absolute atomic E-state index is 12.3. The van der Waals surface area contributed by atoms with Crippen molar-refractivity contribution in [3.8, 4) is 0 Å². The zero-order valence-electron chi connectivity index (χ0n) is 14.1. The zero-order valence-corrected chi connectivity index (χ0v) is 15.8. The Morgan fingerprint density at radius 2 is 1.83 bits per heavy atom. The number of carbonyl (C=O) groups excluding carboxylic acids is 1. The Kier molecular flexibility index (Phi) is 4.87. The number of thiophene rings is 1. The van der Waals surface area contributed by atoms with E-state index in [-0.39, 0.29) is 5.91 Å². The van der Waals surface area contributed by atoms with Crippen LogP contribution in [-0.2, 0) is 4.79 Å². The van der Waals surface area contributed by atoms with E-state index in [0.717, 1.165) is 32.1 Å². The fourth-order valence-electron chi connectivity index (χ4n) is 2.64. The van der Waals surface area contributed by atoms with Crippen molar-refractivity contribution in [1.29, 1.82) is 0 Å². The van der Waals surface area contributed by atoms with Crippen LogP contribution in [0.25, 0.3) is 10.2 Å². The maximum Gasteiger partial charge on any atom is 0.234 e. The van der Waals surface area contributed by atoms with Crippen LogP contribution in [0, 0.1) is 27.7 Å². The van der Waals surface area contributed by atoms with Gasteiger partial charge in [0.1, 0.15) is 16.2 Å². The van der Waals surface area contributed by atoms with Crippen LogP contribution >= 0.6 is 23.1 Å². The molecule has 1 amide bonds. The molecule has 24 heavy (non-hydrogen) atoms. The van der Waals surface area contributed by atoms with Crippen LogP contribution in [0.15, 0.2) is 29.6 Å². The number of nitrogens with one attached hydrogen (secondary N) is 1. The molecule has 4 nitrogen and oxygen atoms in total. The van der Waals surface area contributed by atoms with Gasteiger partial charge in [0.2, 0.25) is 5.91 Å². The lowest BCUT2D eigenvalue weighted by molar-refractivity contribution is -0.113. The summed E-state index contributed by atoms with van der Waals surface area (Å²) in [5, 5.41) is 4.91. The number of rotatable bonds is 4. The molecule has 0 unspecified atom stereocenters. The molecule has 0 saturated heterocycles. The van der Waals surface area contributed by atoms with Gasteiger partial charge in [-0.25, -0.2) is 9.97 Å². The number of carbonyl (C=O) groups is 1. The quantitative estimate of drug-likeness (QED) is 0.545. The maximum atomic E-state index is 12.3. The Morgan fingerprint density at radius 3 is 2.54 bits per heavy atom. The van der Waals surface area contributed by atoms with Gasteiger partial charge in [0.15, 0.2) is 0 Å². The van der Waals surface area contributed by atoms with E-state index in [1.165, 1.54) is 22.2 Å². The van der Waals surface area contributed by atoms with E-state index in [4.69, 9.17) is 0 Å². The predicted molar refractivity (Wildman–Crippen MR) is 102 cm³/mol. The van der Waals surface area contributed by atoms with E-state index in [1.54, 1.807) is 17.7 Å². The smallest absolute Gasteiger partial charge is 0.234 e. The molecule has 0 fully saturated rings. The monoisotopic (exact) mass is 357 g/mol. The number of amides is 1. The van der Waals surface area contributed by atoms with Crippen molar-refractivity contribution in [3.05, 3.63) is 46.1 Å². The Labute approximate surface area is 149 Å². The highest BCUT2D eigenvalue weighted by atomic mass is 32.2. The first-order valence-corrected chi connectivity index (χ1v) is 9.46. The number of nitrogens with zero attached hydrogens (tertiary/aromatic N) is 2. The molecule has 0 bridgehead atoms. The molecular weight excluding hydrogens is 338 g/mol. The molecule has 6 heteroatoms. The third-order valence-corrected chi connectivity index (χ3v) is 5.88. The Morgan fingerprint density at radius 1 is 1.12 bits per heavy atom. The first kappa shape index (κ1) is 16.9. The van der Waals surface area contributed by atoms with Crippen molar-refractivity contribution in [3.63, 3.8) is 0 Å². The zero-order chi connectivity index (χ0) is 17.3. The third-order valence-electron chi connectivity index (χ3n) is 3.78.